The highest BCUT2D eigenvalue weighted by atomic mass is 16.5. The number of amides is 1. The zero-order chi connectivity index (χ0) is 19.7. The normalized spacial score (nSPS) is 19.9. The van der Waals surface area contributed by atoms with Crippen LogP contribution in [-0.4, -0.2) is 60.6 Å². The third kappa shape index (κ3) is 3.47. The predicted molar refractivity (Wildman–Crippen MR) is 107 cm³/mol. The Balaban J connectivity index is 1.69. The van der Waals surface area contributed by atoms with Crippen molar-refractivity contribution in [1.29, 1.82) is 0 Å². The summed E-state index contributed by atoms with van der Waals surface area (Å²) in [5, 5.41) is 2.79. The maximum atomic E-state index is 13.0. The van der Waals surface area contributed by atoms with Crippen molar-refractivity contribution in [3.63, 3.8) is 0 Å². The van der Waals surface area contributed by atoms with Gasteiger partial charge < -0.3 is 19.9 Å². The minimum absolute atomic E-state index is 0.139. The summed E-state index contributed by atoms with van der Waals surface area (Å²) in [4.78, 5) is 37.3. The maximum absolute atomic E-state index is 13.0. The van der Waals surface area contributed by atoms with Gasteiger partial charge in [0.25, 0.3) is 5.56 Å². The minimum Gasteiger partial charge on any atom is -0.497 e. The number of fused-ring (bicyclic) bond motifs is 1. The number of ether oxygens (including phenoxy) is 1. The molecule has 0 aliphatic carbocycles. The number of aromatic amines is 1. The number of H-pyrrole nitrogens is 1. The van der Waals surface area contributed by atoms with Gasteiger partial charge in [-0.25, -0.2) is 0 Å². The molecule has 1 saturated heterocycles. The zero-order valence-corrected chi connectivity index (χ0v) is 16.2. The van der Waals surface area contributed by atoms with Gasteiger partial charge in [0.15, 0.2) is 0 Å². The Bertz CT molecular complexity index is 934. The second-order valence-electron chi connectivity index (χ2n) is 7.15. The number of hydrogen-bond donors (Lipinski definition) is 2. The van der Waals surface area contributed by atoms with E-state index >= 15 is 0 Å². The molecule has 1 aromatic carbocycles. The molecule has 2 aromatic rings. The fraction of sp³-hybridized carbons (Fsp3) is 0.450. The summed E-state index contributed by atoms with van der Waals surface area (Å²) < 4.78 is 5.29. The van der Waals surface area contributed by atoms with Crippen LogP contribution in [-0.2, 0) is 4.79 Å². The molecule has 28 heavy (non-hydrogen) atoms. The molecule has 1 fully saturated rings. The van der Waals surface area contributed by atoms with Crippen LogP contribution < -0.4 is 20.5 Å². The number of likely N-dealkylation sites (N-methyl/N-ethyl adjacent to an activating group) is 1. The molecule has 0 spiro atoms. The van der Waals surface area contributed by atoms with E-state index in [-0.39, 0.29) is 23.8 Å². The van der Waals surface area contributed by atoms with E-state index in [1.54, 1.807) is 7.11 Å². The van der Waals surface area contributed by atoms with Gasteiger partial charge >= 0.3 is 0 Å². The highest BCUT2D eigenvalue weighted by molar-refractivity contribution is 5.94. The van der Waals surface area contributed by atoms with Crippen LogP contribution >= 0.6 is 0 Å². The van der Waals surface area contributed by atoms with Crippen LogP contribution in [0.15, 0.2) is 29.1 Å². The fourth-order valence-electron chi connectivity index (χ4n) is 3.93. The molecule has 1 aromatic heterocycles. The monoisotopic (exact) mass is 383 g/mol. The summed E-state index contributed by atoms with van der Waals surface area (Å²) in [7, 11) is 1.60. The van der Waals surface area contributed by atoms with E-state index < -0.39 is 0 Å². The van der Waals surface area contributed by atoms with Crippen molar-refractivity contribution in [1.82, 2.24) is 14.9 Å². The van der Waals surface area contributed by atoms with Crippen molar-refractivity contribution in [2.45, 2.75) is 19.3 Å². The molecule has 148 valence electrons. The number of piperazine rings is 1. The van der Waals surface area contributed by atoms with Gasteiger partial charge in [-0.05, 0) is 24.2 Å². The minimum atomic E-state index is -0.346. The molecule has 8 nitrogen and oxygen atoms in total. The highest BCUT2D eigenvalue weighted by Gasteiger charge is 2.32. The lowest BCUT2D eigenvalue weighted by atomic mass is 9.87. The molecule has 0 bridgehead atoms. The first-order valence-electron chi connectivity index (χ1n) is 9.64. The first-order valence-corrected chi connectivity index (χ1v) is 9.64. The predicted octanol–water partition coefficient (Wildman–Crippen LogP) is 1.39. The number of carbonyl (C=O) groups is 1. The van der Waals surface area contributed by atoms with Crippen molar-refractivity contribution in [2.75, 3.05) is 50.1 Å². The number of nitrogens with zero attached hydrogens (tertiary/aromatic N) is 3. The van der Waals surface area contributed by atoms with Gasteiger partial charge in [-0.3, -0.25) is 14.6 Å². The van der Waals surface area contributed by atoms with E-state index in [4.69, 9.17) is 4.74 Å². The summed E-state index contributed by atoms with van der Waals surface area (Å²) in [5.74, 6) is 1.09. The Morgan fingerprint density at radius 2 is 2.00 bits per heavy atom. The lowest BCUT2D eigenvalue weighted by molar-refractivity contribution is -0.116. The first-order chi connectivity index (χ1) is 13.6. The maximum Gasteiger partial charge on any atom is 0.258 e. The van der Waals surface area contributed by atoms with Crippen LogP contribution in [0.25, 0.3) is 0 Å². The molecular formula is C20H25N5O3. The molecule has 8 heteroatoms. The number of anilines is 2. The van der Waals surface area contributed by atoms with E-state index in [2.05, 4.69) is 32.0 Å². The van der Waals surface area contributed by atoms with Crippen LogP contribution in [0, 0.1) is 0 Å². The zero-order valence-electron chi connectivity index (χ0n) is 16.2. The van der Waals surface area contributed by atoms with Crippen LogP contribution in [0.3, 0.4) is 0 Å². The molecule has 4 rings (SSSR count). The van der Waals surface area contributed by atoms with E-state index in [0.717, 1.165) is 38.3 Å². The summed E-state index contributed by atoms with van der Waals surface area (Å²) in [6.07, 6.45) is 0.208. The molecule has 2 aliphatic rings. The van der Waals surface area contributed by atoms with Crippen LogP contribution in [0.4, 0.5) is 11.8 Å². The lowest BCUT2D eigenvalue weighted by Gasteiger charge is -2.35. The van der Waals surface area contributed by atoms with Gasteiger partial charge in [0.05, 0.1) is 12.7 Å². The van der Waals surface area contributed by atoms with Gasteiger partial charge in [0, 0.05) is 38.5 Å². The quantitative estimate of drug-likeness (QED) is 0.829. The molecular weight excluding hydrogens is 358 g/mol. The summed E-state index contributed by atoms with van der Waals surface area (Å²) in [6, 6.07) is 7.48. The van der Waals surface area contributed by atoms with Gasteiger partial charge in [-0.15, -0.1) is 0 Å². The second kappa shape index (κ2) is 7.63. The van der Waals surface area contributed by atoms with E-state index in [1.807, 2.05) is 24.3 Å². The lowest BCUT2D eigenvalue weighted by Crippen LogP contribution is -2.47. The van der Waals surface area contributed by atoms with Gasteiger partial charge in [-0.1, -0.05) is 19.1 Å². The number of carbonyl (C=O) groups excluding carboxylic acids is 1. The van der Waals surface area contributed by atoms with Crippen molar-refractivity contribution in [2.24, 2.45) is 0 Å². The van der Waals surface area contributed by atoms with Gasteiger partial charge in [0.1, 0.15) is 11.6 Å². The Morgan fingerprint density at radius 1 is 1.21 bits per heavy atom. The molecule has 0 radical (unpaired) electrons. The van der Waals surface area contributed by atoms with Crippen molar-refractivity contribution in [3.8, 4) is 5.75 Å². The smallest absolute Gasteiger partial charge is 0.258 e. The number of benzene rings is 1. The molecule has 2 aliphatic heterocycles. The number of nitrogens with one attached hydrogen (secondary N) is 2. The number of rotatable bonds is 4. The standard InChI is InChI=1S/C20H25N5O3/c1-3-24-7-9-25(10-8-24)20-22-18-17(19(27)23-20)15(12-16(26)21-18)13-5-4-6-14(11-13)28-2/h4-6,11,15H,3,7-10,12H2,1-2H3,(H2,21,22,23,26,27). The Hall–Kier alpha value is -2.87. The Labute approximate surface area is 163 Å². The third-order valence-electron chi connectivity index (χ3n) is 5.55. The second-order valence-corrected chi connectivity index (χ2v) is 7.15. The fourth-order valence-corrected chi connectivity index (χ4v) is 3.93. The van der Waals surface area contributed by atoms with Gasteiger partial charge in [-0.2, -0.15) is 4.98 Å². The SMILES string of the molecule is CCN1CCN(c2nc3c(c(=O)[nH]2)C(c2cccc(OC)c2)CC(=O)N3)CC1. The number of hydrogen-bond acceptors (Lipinski definition) is 6. The van der Waals surface area contributed by atoms with Crippen LogP contribution in [0.1, 0.15) is 30.4 Å². The largest absolute Gasteiger partial charge is 0.497 e. The topological polar surface area (TPSA) is 90.6 Å². The Morgan fingerprint density at radius 3 is 2.71 bits per heavy atom. The van der Waals surface area contributed by atoms with Crippen LogP contribution in [0.2, 0.25) is 0 Å². The average molecular weight is 383 g/mol. The first kappa shape index (κ1) is 18.5. The average Bonchev–Trinajstić information content (AvgIpc) is 2.73. The molecule has 0 saturated carbocycles. The Kier molecular flexibility index (Phi) is 5.04. The molecule has 3 heterocycles. The molecule has 1 amide bonds. The number of aromatic nitrogens is 2. The number of methoxy groups -OCH3 is 1. The molecule has 1 unspecified atom stereocenters. The summed E-state index contributed by atoms with van der Waals surface area (Å²) in [6.45, 7) is 6.60. The van der Waals surface area contributed by atoms with E-state index in [0.29, 0.717) is 23.1 Å². The van der Waals surface area contributed by atoms with Crippen molar-refractivity contribution < 1.29 is 9.53 Å². The van der Waals surface area contributed by atoms with Crippen LogP contribution in [0.5, 0.6) is 5.75 Å². The molecule has 1 atom stereocenters. The third-order valence-corrected chi connectivity index (χ3v) is 5.55. The van der Waals surface area contributed by atoms with Crippen molar-refractivity contribution >= 4 is 17.7 Å². The summed E-state index contributed by atoms with van der Waals surface area (Å²) >= 11 is 0. The van der Waals surface area contributed by atoms with Crippen molar-refractivity contribution in [3.05, 3.63) is 45.7 Å². The molecule has 2 N–H and O–H groups in total. The van der Waals surface area contributed by atoms with E-state index in [9.17, 15) is 9.59 Å². The highest BCUT2D eigenvalue weighted by Crippen LogP contribution is 2.35. The van der Waals surface area contributed by atoms with Gasteiger partial charge in [0.2, 0.25) is 11.9 Å². The van der Waals surface area contributed by atoms with E-state index in [1.165, 1.54) is 0 Å². The summed E-state index contributed by atoms with van der Waals surface area (Å²) in [5.41, 5.74) is 1.17.